The minimum Gasteiger partial charge on any atom is -0.348 e. The highest BCUT2D eigenvalue weighted by molar-refractivity contribution is 5.87. The molecule has 0 aromatic rings. The number of rotatable bonds is 6. The Hall–Kier alpha value is -0.810. The SMILES string of the molecule is CCC(CC)(CN)NC(=O)CNC(=O)C(C)(C)C.Cl. The molecule has 0 atom stereocenters. The van der Waals surface area contributed by atoms with Gasteiger partial charge in [0, 0.05) is 12.0 Å². The lowest BCUT2D eigenvalue weighted by atomic mass is 9.93. The normalized spacial score (nSPS) is 11.5. The van der Waals surface area contributed by atoms with Gasteiger partial charge >= 0.3 is 0 Å². The van der Waals surface area contributed by atoms with Crippen LogP contribution in [-0.4, -0.2) is 30.4 Å². The summed E-state index contributed by atoms with van der Waals surface area (Å²) in [6.45, 7) is 9.80. The van der Waals surface area contributed by atoms with Crippen molar-refractivity contribution in [2.45, 2.75) is 53.0 Å². The number of hydrogen-bond donors (Lipinski definition) is 3. The number of carbonyl (C=O) groups is 2. The van der Waals surface area contributed by atoms with Crippen LogP contribution >= 0.6 is 12.4 Å². The Morgan fingerprint density at radius 3 is 1.89 bits per heavy atom. The third-order valence-corrected chi connectivity index (χ3v) is 3.24. The van der Waals surface area contributed by atoms with Crippen molar-refractivity contribution in [2.75, 3.05) is 13.1 Å². The molecule has 0 saturated carbocycles. The van der Waals surface area contributed by atoms with Gasteiger partial charge < -0.3 is 16.4 Å². The van der Waals surface area contributed by atoms with Crippen LogP contribution in [0.3, 0.4) is 0 Å². The molecule has 19 heavy (non-hydrogen) atoms. The van der Waals surface area contributed by atoms with Gasteiger partial charge in [-0.05, 0) is 12.8 Å². The predicted molar refractivity (Wildman–Crippen MR) is 80.2 cm³/mol. The molecule has 114 valence electrons. The number of amides is 2. The Morgan fingerprint density at radius 1 is 1.11 bits per heavy atom. The van der Waals surface area contributed by atoms with Crippen LogP contribution in [0.1, 0.15) is 47.5 Å². The van der Waals surface area contributed by atoms with E-state index in [1.54, 1.807) is 0 Å². The minimum atomic E-state index is -0.485. The van der Waals surface area contributed by atoms with Gasteiger partial charge in [-0.15, -0.1) is 12.4 Å². The van der Waals surface area contributed by atoms with Crippen molar-refractivity contribution >= 4 is 24.2 Å². The van der Waals surface area contributed by atoms with Gasteiger partial charge in [-0.3, -0.25) is 9.59 Å². The van der Waals surface area contributed by atoms with Crippen LogP contribution in [0.2, 0.25) is 0 Å². The van der Waals surface area contributed by atoms with Crippen molar-refractivity contribution in [2.24, 2.45) is 11.1 Å². The molecule has 0 fully saturated rings. The lowest BCUT2D eigenvalue weighted by Crippen LogP contribution is -2.55. The molecule has 6 heteroatoms. The summed E-state index contributed by atoms with van der Waals surface area (Å²) in [5, 5.41) is 5.53. The zero-order valence-electron chi connectivity index (χ0n) is 12.6. The van der Waals surface area contributed by atoms with Crippen LogP contribution in [-0.2, 0) is 9.59 Å². The summed E-state index contributed by atoms with van der Waals surface area (Å²) in [4.78, 5) is 23.4. The number of halogens is 1. The molecule has 5 nitrogen and oxygen atoms in total. The molecule has 0 aliphatic heterocycles. The van der Waals surface area contributed by atoms with E-state index in [9.17, 15) is 9.59 Å². The smallest absolute Gasteiger partial charge is 0.239 e. The standard InChI is InChI=1S/C13H27N3O2.ClH/c1-6-13(7-2,9-14)16-10(17)8-15-11(18)12(3,4)5;/h6-9,14H2,1-5H3,(H,15,18)(H,16,17);1H. The van der Waals surface area contributed by atoms with Gasteiger partial charge in [0.2, 0.25) is 11.8 Å². The second-order valence-electron chi connectivity index (χ2n) is 5.67. The first-order chi connectivity index (χ1) is 8.20. The second-order valence-corrected chi connectivity index (χ2v) is 5.67. The van der Waals surface area contributed by atoms with Gasteiger partial charge in [0.25, 0.3) is 0 Å². The van der Waals surface area contributed by atoms with E-state index in [1.165, 1.54) is 0 Å². The Labute approximate surface area is 122 Å². The predicted octanol–water partition coefficient (Wildman–Crippen LogP) is 1.20. The summed E-state index contributed by atoms with van der Waals surface area (Å²) in [5.41, 5.74) is 4.86. The molecule has 0 aliphatic rings. The van der Waals surface area contributed by atoms with E-state index in [0.29, 0.717) is 6.54 Å². The fraction of sp³-hybridized carbons (Fsp3) is 0.846. The van der Waals surface area contributed by atoms with Gasteiger partial charge in [0.1, 0.15) is 0 Å². The fourth-order valence-electron chi connectivity index (χ4n) is 1.53. The van der Waals surface area contributed by atoms with Gasteiger partial charge in [-0.2, -0.15) is 0 Å². The third kappa shape index (κ3) is 6.78. The monoisotopic (exact) mass is 293 g/mol. The lowest BCUT2D eigenvalue weighted by Gasteiger charge is -2.31. The van der Waals surface area contributed by atoms with Crippen LogP contribution in [0.25, 0.3) is 0 Å². The van der Waals surface area contributed by atoms with Gasteiger partial charge in [-0.25, -0.2) is 0 Å². The molecular formula is C13H28ClN3O2. The molecular weight excluding hydrogens is 266 g/mol. The van der Waals surface area contributed by atoms with Crippen molar-refractivity contribution in [1.82, 2.24) is 10.6 Å². The molecule has 0 heterocycles. The van der Waals surface area contributed by atoms with E-state index in [0.717, 1.165) is 12.8 Å². The topological polar surface area (TPSA) is 84.2 Å². The Bertz CT molecular complexity index is 288. The molecule has 0 unspecified atom stereocenters. The molecule has 2 amide bonds. The first-order valence-corrected chi connectivity index (χ1v) is 6.50. The second kappa shape index (κ2) is 8.38. The van der Waals surface area contributed by atoms with E-state index < -0.39 is 5.41 Å². The van der Waals surface area contributed by atoms with E-state index in [-0.39, 0.29) is 36.3 Å². The Kier molecular flexibility index (Phi) is 9.04. The molecule has 0 aromatic heterocycles. The average Bonchev–Trinajstić information content (AvgIpc) is 2.32. The minimum absolute atomic E-state index is 0. The summed E-state index contributed by atoms with van der Waals surface area (Å²) >= 11 is 0. The maximum absolute atomic E-state index is 11.8. The highest BCUT2D eigenvalue weighted by atomic mass is 35.5. The van der Waals surface area contributed by atoms with Gasteiger partial charge in [0.05, 0.1) is 12.1 Å². The van der Waals surface area contributed by atoms with Crippen molar-refractivity contribution in [3.05, 3.63) is 0 Å². The summed E-state index contributed by atoms with van der Waals surface area (Å²) < 4.78 is 0. The zero-order valence-corrected chi connectivity index (χ0v) is 13.4. The quantitative estimate of drug-likeness (QED) is 0.688. The molecule has 0 aliphatic carbocycles. The van der Waals surface area contributed by atoms with Crippen molar-refractivity contribution in [1.29, 1.82) is 0 Å². The van der Waals surface area contributed by atoms with Crippen molar-refractivity contribution in [3.8, 4) is 0 Å². The fourth-order valence-corrected chi connectivity index (χ4v) is 1.53. The Morgan fingerprint density at radius 2 is 1.58 bits per heavy atom. The molecule has 0 saturated heterocycles. The largest absolute Gasteiger partial charge is 0.348 e. The van der Waals surface area contributed by atoms with E-state index >= 15 is 0 Å². The van der Waals surface area contributed by atoms with Crippen LogP contribution in [0.5, 0.6) is 0 Å². The third-order valence-electron chi connectivity index (χ3n) is 3.24. The van der Waals surface area contributed by atoms with Gasteiger partial charge in [-0.1, -0.05) is 34.6 Å². The molecule has 0 aromatic carbocycles. The number of hydrogen-bond acceptors (Lipinski definition) is 3. The molecule has 0 rings (SSSR count). The number of nitrogens with one attached hydrogen (secondary N) is 2. The molecule has 0 spiro atoms. The molecule has 4 N–H and O–H groups in total. The summed E-state index contributed by atoms with van der Waals surface area (Å²) in [6, 6.07) is 0. The first-order valence-electron chi connectivity index (χ1n) is 6.50. The van der Waals surface area contributed by atoms with E-state index in [4.69, 9.17) is 5.73 Å². The first kappa shape index (κ1) is 20.5. The summed E-state index contributed by atoms with van der Waals surface area (Å²) in [7, 11) is 0. The molecule has 0 radical (unpaired) electrons. The van der Waals surface area contributed by atoms with Crippen LogP contribution in [0.15, 0.2) is 0 Å². The van der Waals surface area contributed by atoms with E-state index in [1.807, 2.05) is 34.6 Å². The number of nitrogens with two attached hydrogens (primary N) is 1. The summed E-state index contributed by atoms with van der Waals surface area (Å²) in [6.07, 6.45) is 1.55. The van der Waals surface area contributed by atoms with Gasteiger partial charge in [0.15, 0.2) is 0 Å². The summed E-state index contributed by atoms with van der Waals surface area (Å²) in [5.74, 6) is -0.328. The zero-order chi connectivity index (χ0) is 14.4. The van der Waals surface area contributed by atoms with Crippen LogP contribution in [0, 0.1) is 5.41 Å². The highest BCUT2D eigenvalue weighted by Gasteiger charge is 2.27. The maximum Gasteiger partial charge on any atom is 0.239 e. The van der Waals surface area contributed by atoms with Crippen LogP contribution in [0.4, 0.5) is 0 Å². The van der Waals surface area contributed by atoms with Crippen molar-refractivity contribution < 1.29 is 9.59 Å². The van der Waals surface area contributed by atoms with Crippen LogP contribution < -0.4 is 16.4 Å². The van der Waals surface area contributed by atoms with E-state index in [2.05, 4.69) is 10.6 Å². The highest BCUT2D eigenvalue weighted by Crippen LogP contribution is 2.13. The Balaban J connectivity index is 0. The lowest BCUT2D eigenvalue weighted by molar-refractivity contribution is -0.131. The number of carbonyl (C=O) groups excluding carboxylic acids is 2. The van der Waals surface area contributed by atoms with Crippen molar-refractivity contribution in [3.63, 3.8) is 0 Å². The maximum atomic E-state index is 11.8. The molecule has 0 bridgehead atoms. The average molecular weight is 294 g/mol.